The topological polar surface area (TPSA) is 46.2 Å². The van der Waals surface area contributed by atoms with Crippen molar-refractivity contribution < 1.29 is 23.7 Å². The van der Waals surface area contributed by atoms with Crippen LogP contribution in [0.25, 0.3) is 0 Å². The fourth-order valence-electron chi connectivity index (χ4n) is 18.9. The molecule has 0 bridgehead atoms. The first-order valence-electron chi connectivity index (χ1n) is 31.4. The van der Waals surface area contributed by atoms with Gasteiger partial charge in [-0.15, -0.1) is 0 Å². The van der Waals surface area contributed by atoms with Gasteiger partial charge in [-0.1, -0.05) is 144 Å². The van der Waals surface area contributed by atoms with Crippen molar-refractivity contribution in [3.05, 3.63) is 23.3 Å². The Kier molecular flexibility index (Phi) is 21.7. The summed E-state index contributed by atoms with van der Waals surface area (Å²) in [5.41, 5.74) is 5.53. The van der Waals surface area contributed by atoms with Crippen LogP contribution in [0.1, 0.15) is 237 Å². The van der Waals surface area contributed by atoms with Gasteiger partial charge in [-0.2, -0.15) is 0 Å². The maximum atomic E-state index is 6.32. The van der Waals surface area contributed by atoms with Crippen molar-refractivity contribution in [3.8, 4) is 0 Å². The van der Waals surface area contributed by atoms with Gasteiger partial charge in [0.15, 0.2) is 0 Å². The van der Waals surface area contributed by atoms with Crippen molar-refractivity contribution in [1.82, 2.24) is 0 Å². The van der Waals surface area contributed by atoms with E-state index in [2.05, 4.69) is 88.3 Å². The number of rotatable bonds is 25. The first kappa shape index (κ1) is 58.0. The van der Waals surface area contributed by atoms with Crippen LogP contribution in [0, 0.1) is 92.7 Å². The highest BCUT2D eigenvalue weighted by atomic mass is 16.5. The Morgan fingerprint density at radius 2 is 0.944 bits per heavy atom. The predicted octanol–water partition coefficient (Wildman–Crippen LogP) is 17.7. The third-order valence-corrected chi connectivity index (χ3v) is 23.0. The molecule has 0 N–H and O–H groups in total. The van der Waals surface area contributed by atoms with E-state index in [1.807, 2.05) is 0 Å². The number of ether oxygens (including phenoxy) is 5. The molecule has 410 valence electrons. The number of methoxy groups -OCH3 is 1. The first-order chi connectivity index (χ1) is 34.1. The standard InChI is InChI=1S/C35H62O3.C31H54O2/c1-7-8-20-36-21-22-37-23-24-38-29-16-18-34(5)28(25-29)12-13-30-32-15-14-31(27(4)11-9-10-26(2)3)35(32,6)19-17-33(30)34;1-22(2)9-7-10-23(3)27-13-14-28-26-12-11-24-21-25(33-20-8-19-32-6)15-17-30(24,4)29(26)16-18-31(27,28)5/h12,26-27,29-33H,7-11,13-25H2,1-6H3;11,22-23,25-29H,7-10,12-21H2,1-6H3/t27-,29?,30+,31-,32+,33+,34+,35-;23-,25?,26+,27-,28+,29+,30+,31-/m11/s1. The summed E-state index contributed by atoms with van der Waals surface area (Å²) in [5, 5.41) is 0. The third kappa shape index (κ3) is 13.5. The minimum Gasteiger partial charge on any atom is -0.385 e. The van der Waals surface area contributed by atoms with Crippen molar-refractivity contribution in [1.29, 1.82) is 0 Å². The average molecular weight is 990 g/mol. The molecule has 0 amide bonds. The van der Waals surface area contributed by atoms with Crippen molar-refractivity contribution in [2.75, 3.05) is 53.4 Å². The van der Waals surface area contributed by atoms with Crippen LogP contribution in [0.15, 0.2) is 23.3 Å². The maximum Gasteiger partial charge on any atom is 0.0704 e. The second-order valence-corrected chi connectivity index (χ2v) is 28.0. The summed E-state index contributed by atoms with van der Waals surface area (Å²) in [6.45, 7) is 32.9. The molecule has 8 aliphatic rings. The van der Waals surface area contributed by atoms with E-state index >= 15 is 0 Å². The van der Waals surface area contributed by atoms with Gasteiger partial charge in [0.1, 0.15) is 0 Å². The van der Waals surface area contributed by atoms with E-state index in [9.17, 15) is 0 Å². The molecule has 8 aliphatic carbocycles. The molecule has 16 atom stereocenters. The lowest BCUT2D eigenvalue weighted by Crippen LogP contribution is -2.51. The van der Waals surface area contributed by atoms with Crippen LogP contribution in [0.3, 0.4) is 0 Å². The summed E-state index contributed by atoms with van der Waals surface area (Å²) in [7, 11) is 1.78. The number of hydrogen-bond acceptors (Lipinski definition) is 5. The van der Waals surface area contributed by atoms with Crippen LogP contribution in [-0.2, 0) is 23.7 Å². The second kappa shape index (κ2) is 26.6. The lowest BCUT2D eigenvalue weighted by atomic mass is 9.47. The molecule has 5 heteroatoms. The molecule has 71 heavy (non-hydrogen) atoms. The molecular weight excluding hydrogens is 873 g/mol. The summed E-state index contributed by atoms with van der Waals surface area (Å²) in [6.07, 6.45) is 40.1. The number of fused-ring (bicyclic) bond motifs is 10. The zero-order valence-corrected chi connectivity index (χ0v) is 48.9. The Bertz CT molecular complexity index is 1650. The Morgan fingerprint density at radius 1 is 0.479 bits per heavy atom. The summed E-state index contributed by atoms with van der Waals surface area (Å²) in [4.78, 5) is 0. The highest BCUT2D eigenvalue weighted by Crippen LogP contribution is 2.69. The van der Waals surface area contributed by atoms with E-state index in [1.54, 1.807) is 18.3 Å². The van der Waals surface area contributed by atoms with Crippen LogP contribution in [-0.4, -0.2) is 65.6 Å². The van der Waals surface area contributed by atoms with Crippen molar-refractivity contribution in [2.24, 2.45) is 92.7 Å². The first-order valence-corrected chi connectivity index (χ1v) is 31.4. The smallest absolute Gasteiger partial charge is 0.0704 e. The average Bonchev–Trinajstić information content (AvgIpc) is 3.89. The fraction of sp³-hybridized carbons (Fsp3) is 0.939. The quantitative estimate of drug-likeness (QED) is 0.0674. The second-order valence-electron chi connectivity index (χ2n) is 28.0. The minimum absolute atomic E-state index is 0.381. The highest BCUT2D eigenvalue weighted by molar-refractivity contribution is 5.27. The normalized spacial score (nSPS) is 39.2. The Balaban J connectivity index is 0.000000211. The summed E-state index contributed by atoms with van der Waals surface area (Å²) in [6, 6.07) is 0. The largest absolute Gasteiger partial charge is 0.385 e. The monoisotopic (exact) mass is 989 g/mol. The summed E-state index contributed by atoms with van der Waals surface area (Å²) in [5.74, 6) is 11.0. The van der Waals surface area contributed by atoms with Gasteiger partial charge in [0.2, 0.25) is 0 Å². The third-order valence-electron chi connectivity index (χ3n) is 23.0. The summed E-state index contributed by atoms with van der Waals surface area (Å²) >= 11 is 0. The van der Waals surface area contributed by atoms with Crippen molar-refractivity contribution in [2.45, 2.75) is 249 Å². The van der Waals surface area contributed by atoms with Gasteiger partial charge in [-0.25, -0.2) is 0 Å². The van der Waals surface area contributed by atoms with E-state index in [-0.39, 0.29) is 0 Å². The Morgan fingerprint density at radius 3 is 1.41 bits per heavy atom. The molecule has 2 unspecified atom stereocenters. The van der Waals surface area contributed by atoms with Crippen LogP contribution in [0.4, 0.5) is 0 Å². The Labute approximate surface area is 440 Å². The minimum atomic E-state index is 0.381. The van der Waals surface area contributed by atoms with Gasteiger partial charge in [-0.05, 0) is 208 Å². The predicted molar refractivity (Wildman–Crippen MR) is 299 cm³/mol. The molecule has 0 radical (unpaired) electrons. The SMILES string of the molecule is CCCCOCCOCCOC1CC[C@@]2(C)C(=CC[C@H]3[C@@H]4CC[C@H]([C@H](C)CCCC(C)C)[C@@]4(C)CC[C@@H]32)C1.COCCCOC1CC[C@@]2(C)C(=CC[C@H]3[C@@H]4CC[C@H]([C@H](C)CCCC(C)C)[C@@]4(C)CC[C@@H]32)C1. The maximum absolute atomic E-state index is 6.32. The molecule has 0 spiro atoms. The zero-order valence-electron chi connectivity index (χ0n) is 48.9. The van der Waals surface area contributed by atoms with Crippen LogP contribution < -0.4 is 0 Å². The highest BCUT2D eigenvalue weighted by Gasteiger charge is 2.61. The van der Waals surface area contributed by atoms with Gasteiger partial charge in [0.05, 0.1) is 38.6 Å². The lowest BCUT2D eigenvalue weighted by Gasteiger charge is -2.58. The Hall–Kier alpha value is -0.720. The van der Waals surface area contributed by atoms with E-state index in [4.69, 9.17) is 23.7 Å². The zero-order chi connectivity index (χ0) is 50.8. The van der Waals surface area contributed by atoms with Crippen LogP contribution in [0.5, 0.6) is 0 Å². The molecular formula is C66H116O5. The van der Waals surface area contributed by atoms with E-state index in [0.29, 0.717) is 60.3 Å². The molecule has 6 saturated carbocycles. The van der Waals surface area contributed by atoms with Gasteiger partial charge < -0.3 is 23.7 Å². The van der Waals surface area contributed by atoms with E-state index in [1.165, 1.54) is 141 Å². The van der Waals surface area contributed by atoms with Crippen LogP contribution in [0.2, 0.25) is 0 Å². The molecule has 0 heterocycles. The summed E-state index contributed by atoms with van der Waals surface area (Å²) < 4.78 is 29.1. The van der Waals surface area contributed by atoms with Crippen molar-refractivity contribution >= 4 is 0 Å². The molecule has 5 nitrogen and oxygen atoms in total. The molecule has 0 saturated heterocycles. The van der Waals surface area contributed by atoms with Crippen molar-refractivity contribution in [3.63, 3.8) is 0 Å². The van der Waals surface area contributed by atoms with E-state index in [0.717, 1.165) is 110 Å². The molecule has 0 aromatic rings. The molecule has 6 fully saturated rings. The van der Waals surface area contributed by atoms with Gasteiger partial charge in [-0.3, -0.25) is 0 Å². The molecule has 8 rings (SSSR count). The number of unbranched alkanes of at least 4 members (excludes halogenated alkanes) is 1. The lowest BCUT2D eigenvalue weighted by molar-refractivity contribution is -0.0688. The van der Waals surface area contributed by atoms with Gasteiger partial charge in [0, 0.05) is 26.9 Å². The van der Waals surface area contributed by atoms with E-state index < -0.39 is 0 Å². The molecule has 0 aromatic carbocycles. The fourth-order valence-corrected chi connectivity index (χ4v) is 18.9. The molecule has 0 aliphatic heterocycles. The number of hydrogen-bond donors (Lipinski definition) is 0. The number of allylic oxidation sites excluding steroid dienone is 2. The molecule has 0 aromatic heterocycles. The van der Waals surface area contributed by atoms with Gasteiger partial charge >= 0.3 is 0 Å². The van der Waals surface area contributed by atoms with Gasteiger partial charge in [0.25, 0.3) is 0 Å². The van der Waals surface area contributed by atoms with Crippen LogP contribution >= 0.6 is 0 Å².